The van der Waals surface area contributed by atoms with Gasteiger partial charge in [-0.05, 0) is 36.8 Å². The van der Waals surface area contributed by atoms with E-state index in [4.69, 9.17) is 0 Å². The Labute approximate surface area is 108 Å². The molecular formula is C12H14BrFOS. The van der Waals surface area contributed by atoms with Crippen LogP contribution >= 0.6 is 27.7 Å². The maximum atomic E-state index is 13.8. The van der Waals surface area contributed by atoms with Crippen molar-refractivity contribution in [2.45, 2.75) is 30.6 Å². The first kappa shape index (κ1) is 12.4. The minimum atomic E-state index is -1.03. The average Bonchev–Trinajstić information content (AvgIpc) is 2.26. The van der Waals surface area contributed by atoms with Crippen molar-refractivity contribution in [2.75, 3.05) is 5.75 Å². The zero-order valence-corrected chi connectivity index (χ0v) is 11.4. The Balaban J connectivity index is 2.44. The molecule has 0 spiro atoms. The molecule has 2 atom stereocenters. The highest BCUT2D eigenvalue weighted by Crippen LogP contribution is 2.42. The van der Waals surface area contributed by atoms with Crippen LogP contribution in [0.15, 0.2) is 22.7 Å². The lowest BCUT2D eigenvalue weighted by atomic mass is 9.86. The molecule has 0 amide bonds. The van der Waals surface area contributed by atoms with Gasteiger partial charge in [-0.15, -0.1) is 0 Å². The van der Waals surface area contributed by atoms with Crippen LogP contribution in [-0.2, 0) is 5.60 Å². The molecule has 0 aromatic heterocycles. The van der Waals surface area contributed by atoms with E-state index in [0.29, 0.717) is 12.0 Å². The number of benzene rings is 1. The molecule has 1 aliphatic rings. The van der Waals surface area contributed by atoms with Crippen molar-refractivity contribution in [3.63, 3.8) is 0 Å². The summed E-state index contributed by atoms with van der Waals surface area (Å²) >= 11 is 5.02. The molecular weight excluding hydrogens is 291 g/mol. The second kappa shape index (κ2) is 4.67. The third-order valence-electron chi connectivity index (χ3n) is 3.14. The molecule has 1 fully saturated rings. The largest absolute Gasteiger partial charge is 0.384 e. The third-order valence-corrected chi connectivity index (χ3v) is 5.04. The first-order chi connectivity index (χ1) is 7.54. The number of hydrogen-bond donors (Lipinski definition) is 1. The molecule has 1 heterocycles. The van der Waals surface area contributed by atoms with Gasteiger partial charge in [-0.1, -0.05) is 22.9 Å². The average molecular weight is 305 g/mol. The van der Waals surface area contributed by atoms with E-state index >= 15 is 0 Å². The van der Waals surface area contributed by atoms with E-state index in [9.17, 15) is 9.50 Å². The number of halogens is 2. The first-order valence-electron chi connectivity index (χ1n) is 5.33. The van der Waals surface area contributed by atoms with Crippen LogP contribution in [0, 0.1) is 5.82 Å². The molecule has 2 rings (SSSR count). The van der Waals surface area contributed by atoms with Crippen LogP contribution in [0.4, 0.5) is 4.39 Å². The Bertz CT molecular complexity index is 399. The molecule has 1 saturated heterocycles. The second-order valence-corrected chi connectivity index (χ2v) is 6.53. The summed E-state index contributed by atoms with van der Waals surface area (Å²) in [5.41, 5.74) is -0.613. The predicted molar refractivity (Wildman–Crippen MR) is 69.2 cm³/mol. The third kappa shape index (κ3) is 2.15. The molecule has 1 nitrogen and oxygen atoms in total. The molecule has 4 heteroatoms. The van der Waals surface area contributed by atoms with Crippen LogP contribution in [0.25, 0.3) is 0 Å². The summed E-state index contributed by atoms with van der Waals surface area (Å²) in [6, 6.07) is 4.75. The Morgan fingerprint density at radius 2 is 2.31 bits per heavy atom. The monoisotopic (exact) mass is 304 g/mol. The van der Waals surface area contributed by atoms with Gasteiger partial charge in [0, 0.05) is 15.3 Å². The summed E-state index contributed by atoms with van der Waals surface area (Å²) in [5.74, 6) is 0.721. The molecule has 0 aliphatic carbocycles. The van der Waals surface area contributed by atoms with Gasteiger partial charge in [-0.25, -0.2) is 4.39 Å². The van der Waals surface area contributed by atoms with E-state index in [1.165, 1.54) is 6.07 Å². The van der Waals surface area contributed by atoms with E-state index in [2.05, 4.69) is 15.9 Å². The van der Waals surface area contributed by atoms with Crippen LogP contribution < -0.4 is 0 Å². The lowest BCUT2D eigenvalue weighted by Gasteiger charge is -2.38. The maximum absolute atomic E-state index is 13.8. The summed E-state index contributed by atoms with van der Waals surface area (Å²) in [4.78, 5) is 0. The van der Waals surface area contributed by atoms with E-state index in [-0.39, 0.29) is 11.1 Å². The highest BCUT2D eigenvalue weighted by molar-refractivity contribution is 9.10. The van der Waals surface area contributed by atoms with E-state index in [1.807, 2.05) is 6.92 Å². The Morgan fingerprint density at radius 1 is 1.56 bits per heavy atom. The summed E-state index contributed by atoms with van der Waals surface area (Å²) < 4.78 is 14.6. The summed E-state index contributed by atoms with van der Waals surface area (Å²) in [6.07, 6.45) is 1.56. The molecule has 16 heavy (non-hydrogen) atoms. The van der Waals surface area contributed by atoms with Crippen LogP contribution in [0.1, 0.15) is 25.3 Å². The Hall–Kier alpha value is -0.0600. The fourth-order valence-corrected chi connectivity index (χ4v) is 3.67. The number of hydrogen-bond acceptors (Lipinski definition) is 2. The Kier molecular flexibility index (Phi) is 3.62. The fourth-order valence-electron chi connectivity index (χ4n) is 2.13. The van der Waals surface area contributed by atoms with Gasteiger partial charge in [0.05, 0.1) is 0 Å². The second-order valence-electron chi connectivity index (χ2n) is 4.16. The number of aliphatic hydroxyl groups is 1. The molecule has 1 aromatic carbocycles. The summed E-state index contributed by atoms with van der Waals surface area (Å²) in [7, 11) is 0. The van der Waals surface area contributed by atoms with Crippen molar-refractivity contribution in [3.8, 4) is 0 Å². The van der Waals surface area contributed by atoms with Crippen molar-refractivity contribution in [2.24, 2.45) is 0 Å². The molecule has 0 saturated carbocycles. The predicted octanol–water partition coefficient (Wildman–Crippen LogP) is 3.69. The molecule has 1 N–H and O–H groups in total. The van der Waals surface area contributed by atoms with Gasteiger partial charge in [0.2, 0.25) is 0 Å². The quantitative estimate of drug-likeness (QED) is 0.854. The lowest BCUT2D eigenvalue weighted by Crippen LogP contribution is -2.39. The van der Waals surface area contributed by atoms with Gasteiger partial charge in [-0.2, -0.15) is 11.8 Å². The van der Waals surface area contributed by atoms with Gasteiger partial charge < -0.3 is 5.11 Å². The standard InChI is InChI=1S/C12H14BrFOS/c1-8-12(15,5-2-6-16-8)10-7-9(13)3-4-11(10)14/h3-4,7-8,15H,2,5-6H2,1H3. The topological polar surface area (TPSA) is 20.2 Å². The van der Waals surface area contributed by atoms with Gasteiger partial charge in [-0.3, -0.25) is 0 Å². The smallest absolute Gasteiger partial charge is 0.129 e. The minimum Gasteiger partial charge on any atom is -0.384 e. The van der Waals surface area contributed by atoms with Gasteiger partial charge >= 0.3 is 0 Å². The van der Waals surface area contributed by atoms with Crippen LogP contribution in [0.3, 0.4) is 0 Å². The van der Waals surface area contributed by atoms with Crippen molar-refractivity contribution in [1.82, 2.24) is 0 Å². The van der Waals surface area contributed by atoms with Crippen molar-refractivity contribution >= 4 is 27.7 Å². The molecule has 1 aromatic rings. The Morgan fingerprint density at radius 3 is 3.00 bits per heavy atom. The van der Waals surface area contributed by atoms with Crippen molar-refractivity contribution in [1.29, 1.82) is 0 Å². The molecule has 1 aliphatic heterocycles. The zero-order valence-electron chi connectivity index (χ0n) is 9.04. The van der Waals surface area contributed by atoms with Gasteiger partial charge in [0.15, 0.2) is 0 Å². The normalized spacial score (nSPS) is 30.4. The minimum absolute atomic E-state index is 0.0325. The highest BCUT2D eigenvalue weighted by Gasteiger charge is 2.40. The van der Waals surface area contributed by atoms with Crippen molar-refractivity contribution < 1.29 is 9.50 Å². The number of rotatable bonds is 1. The first-order valence-corrected chi connectivity index (χ1v) is 7.18. The van der Waals surface area contributed by atoms with Crippen LogP contribution in [0.5, 0.6) is 0 Å². The van der Waals surface area contributed by atoms with Gasteiger partial charge in [0.25, 0.3) is 0 Å². The van der Waals surface area contributed by atoms with Crippen LogP contribution in [-0.4, -0.2) is 16.1 Å². The maximum Gasteiger partial charge on any atom is 0.129 e. The van der Waals surface area contributed by atoms with Crippen molar-refractivity contribution in [3.05, 3.63) is 34.1 Å². The lowest BCUT2D eigenvalue weighted by molar-refractivity contribution is 0.0219. The summed E-state index contributed by atoms with van der Waals surface area (Å²) in [6.45, 7) is 1.96. The molecule has 0 bridgehead atoms. The molecule has 88 valence electrons. The summed E-state index contributed by atoms with van der Waals surface area (Å²) in [5, 5.41) is 10.7. The fraction of sp³-hybridized carbons (Fsp3) is 0.500. The van der Waals surface area contributed by atoms with E-state index < -0.39 is 5.60 Å². The van der Waals surface area contributed by atoms with Crippen LogP contribution in [0.2, 0.25) is 0 Å². The molecule has 2 unspecified atom stereocenters. The highest BCUT2D eigenvalue weighted by atomic mass is 79.9. The SMILES string of the molecule is CC1SCCCC1(O)c1cc(Br)ccc1F. The van der Waals surface area contributed by atoms with Gasteiger partial charge in [0.1, 0.15) is 11.4 Å². The van der Waals surface area contributed by atoms with E-state index in [0.717, 1.165) is 16.6 Å². The molecule has 0 radical (unpaired) electrons. The zero-order chi connectivity index (χ0) is 11.8. The number of thioether (sulfide) groups is 1. The van der Waals surface area contributed by atoms with E-state index in [1.54, 1.807) is 23.9 Å².